The largest absolute Gasteiger partial charge is 0.378 e. The summed E-state index contributed by atoms with van der Waals surface area (Å²) in [5.41, 5.74) is -0.210. The smallest absolute Gasteiger partial charge is 0.280 e. The third-order valence-electron chi connectivity index (χ3n) is 2.99. The summed E-state index contributed by atoms with van der Waals surface area (Å²) in [7, 11) is -3.29. The topological polar surface area (TPSA) is 58.6 Å². The molecule has 1 heterocycles. The summed E-state index contributed by atoms with van der Waals surface area (Å²) in [6, 6.07) is 0. The predicted molar refractivity (Wildman–Crippen MR) is 56.7 cm³/mol. The molecule has 0 atom stereocenters. The quantitative estimate of drug-likeness (QED) is 0.750. The monoisotopic (exact) mass is 234 g/mol. The average molecular weight is 234 g/mol. The lowest BCUT2D eigenvalue weighted by molar-refractivity contribution is 0.0208. The van der Waals surface area contributed by atoms with E-state index >= 15 is 0 Å². The average Bonchev–Trinajstić information content (AvgIpc) is 2.96. The van der Waals surface area contributed by atoms with Gasteiger partial charge in [0.2, 0.25) is 0 Å². The number of rotatable bonds is 4. The predicted octanol–water partition coefficient (Wildman–Crippen LogP) is 0.0956. The molecule has 1 spiro atoms. The summed E-state index contributed by atoms with van der Waals surface area (Å²) in [5, 5.41) is 0. The molecule has 0 amide bonds. The molecular formula is C9H18N2O3S. The van der Waals surface area contributed by atoms with Crippen LogP contribution in [0.4, 0.5) is 0 Å². The van der Waals surface area contributed by atoms with E-state index < -0.39 is 10.2 Å². The van der Waals surface area contributed by atoms with Crippen LogP contribution in [0.25, 0.3) is 0 Å². The molecule has 1 saturated heterocycles. The normalized spacial score (nSPS) is 25.7. The van der Waals surface area contributed by atoms with E-state index in [0.29, 0.717) is 26.3 Å². The van der Waals surface area contributed by atoms with Crippen molar-refractivity contribution in [2.24, 2.45) is 0 Å². The van der Waals surface area contributed by atoms with Gasteiger partial charge in [-0.2, -0.15) is 12.7 Å². The molecule has 1 saturated carbocycles. The highest BCUT2D eigenvalue weighted by atomic mass is 32.2. The summed E-state index contributed by atoms with van der Waals surface area (Å²) in [6.45, 7) is 4.01. The molecule has 0 radical (unpaired) electrons. The first-order chi connectivity index (χ1) is 7.11. The third-order valence-corrected chi connectivity index (χ3v) is 4.71. The molecule has 0 bridgehead atoms. The molecule has 5 nitrogen and oxygen atoms in total. The van der Waals surface area contributed by atoms with Gasteiger partial charge in [-0.15, -0.1) is 0 Å². The first kappa shape index (κ1) is 11.3. The lowest BCUT2D eigenvalue weighted by Crippen LogP contribution is -2.54. The van der Waals surface area contributed by atoms with Crippen LogP contribution in [0.5, 0.6) is 0 Å². The van der Waals surface area contributed by atoms with Gasteiger partial charge in [0.15, 0.2) is 0 Å². The lowest BCUT2D eigenvalue weighted by Gasteiger charge is -2.34. The number of morpholine rings is 1. The molecule has 1 N–H and O–H groups in total. The van der Waals surface area contributed by atoms with Gasteiger partial charge < -0.3 is 4.74 Å². The molecule has 0 aromatic heterocycles. The Morgan fingerprint density at radius 1 is 1.47 bits per heavy atom. The number of hydrogen-bond donors (Lipinski definition) is 1. The number of nitrogens with one attached hydrogen (secondary N) is 1. The van der Waals surface area contributed by atoms with Gasteiger partial charge in [-0.05, 0) is 19.3 Å². The lowest BCUT2D eigenvalue weighted by atomic mass is 10.2. The minimum atomic E-state index is -3.29. The molecule has 2 rings (SSSR count). The maximum atomic E-state index is 12.0. The maximum Gasteiger partial charge on any atom is 0.280 e. The minimum absolute atomic E-state index is 0.210. The Hall–Kier alpha value is -0.170. The van der Waals surface area contributed by atoms with E-state index in [9.17, 15) is 8.42 Å². The zero-order valence-corrected chi connectivity index (χ0v) is 9.85. The Bertz CT molecular complexity index is 324. The summed E-state index contributed by atoms with van der Waals surface area (Å²) in [5.74, 6) is 0. The number of nitrogens with zero attached hydrogens (tertiary/aromatic N) is 1. The minimum Gasteiger partial charge on any atom is -0.378 e. The second-order valence-corrected chi connectivity index (χ2v) is 5.93. The van der Waals surface area contributed by atoms with E-state index in [1.165, 1.54) is 0 Å². The standard InChI is InChI=1S/C9H18N2O3S/c1-2-5-10-15(12,13)11-6-7-14-8-9(11)3-4-9/h10H,2-8H2,1H3. The Morgan fingerprint density at radius 2 is 2.20 bits per heavy atom. The van der Waals surface area contributed by atoms with Gasteiger partial charge in [0.1, 0.15) is 0 Å². The van der Waals surface area contributed by atoms with Crippen LogP contribution >= 0.6 is 0 Å². The van der Waals surface area contributed by atoms with E-state index in [0.717, 1.165) is 19.3 Å². The molecule has 2 fully saturated rings. The van der Waals surface area contributed by atoms with Crippen LogP contribution in [0.2, 0.25) is 0 Å². The molecule has 1 aliphatic carbocycles. The van der Waals surface area contributed by atoms with Gasteiger partial charge in [0.05, 0.1) is 18.8 Å². The number of ether oxygens (including phenoxy) is 1. The molecule has 2 aliphatic rings. The van der Waals surface area contributed by atoms with E-state index in [1.54, 1.807) is 4.31 Å². The van der Waals surface area contributed by atoms with Crippen LogP contribution < -0.4 is 4.72 Å². The van der Waals surface area contributed by atoms with E-state index in [-0.39, 0.29) is 5.54 Å². The molecule has 88 valence electrons. The van der Waals surface area contributed by atoms with Crippen LogP contribution in [0.15, 0.2) is 0 Å². The van der Waals surface area contributed by atoms with Crippen molar-refractivity contribution >= 4 is 10.2 Å². The summed E-state index contributed by atoms with van der Waals surface area (Å²) in [4.78, 5) is 0. The molecule has 1 aliphatic heterocycles. The Morgan fingerprint density at radius 3 is 2.80 bits per heavy atom. The van der Waals surface area contributed by atoms with Gasteiger partial charge in [0.25, 0.3) is 10.2 Å². The zero-order valence-electron chi connectivity index (χ0n) is 9.03. The van der Waals surface area contributed by atoms with Crippen LogP contribution in [-0.4, -0.2) is 44.6 Å². The van der Waals surface area contributed by atoms with Gasteiger partial charge in [-0.1, -0.05) is 6.92 Å². The summed E-state index contributed by atoms with van der Waals surface area (Å²) >= 11 is 0. The van der Waals surface area contributed by atoms with Crippen molar-refractivity contribution in [3.63, 3.8) is 0 Å². The Kier molecular flexibility index (Phi) is 3.03. The van der Waals surface area contributed by atoms with Gasteiger partial charge in [0, 0.05) is 13.1 Å². The van der Waals surface area contributed by atoms with E-state index in [1.807, 2.05) is 6.92 Å². The third kappa shape index (κ3) is 2.18. The second-order valence-electron chi connectivity index (χ2n) is 4.25. The van der Waals surface area contributed by atoms with Crippen molar-refractivity contribution in [2.45, 2.75) is 31.7 Å². The Labute approximate surface area is 91.0 Å². The van der Waals surface area contributed by atoms with Crippen LogP contribution in [-0.2, 0) is 14.9 Å². The summed E-state index contributed by atoms with van der Waals surface area (Å²) in [6.07, 6.45) is 2.68. The molecule has 0 aromatic rings. The van der Waals surface area contributed by atoms with Gasteiger partial charge in [-0.3, -0.25) is 0 Å². The van der Waals surface area contributed by atoms with Crippen molar-refractivity contribution in [2.75, 3.05) is 26.3 Å². The van der Waals surface area contributed by atoms with Crippen LogP contribution in [0.3, 0.4) is 0 Å². The van der Waals surface area contributed by atoms with Gasteiger partial charge in [-0.25, -0.2) is 4.72 Å². The fraction of sp³-hybridized carbons (Fsp3) is 1.00. The van der Waals surface area contributed by atoms with Crippen molar-refractivity contribution < 1.29 is 13.2 Å². The van der Waals surface area contributed by atoms with Crippen molar-refractivity contribution in [3.8, 4) is 0 Å². The maximum absolute atomic E-state index is 12.0. The SMILES string of the molecule is CCCNS(=O)(=O)N1CCOCC12CC2. The summed E-state index contributed by atoms with van der Waals surface area (Å²) < 4.78 is 33.5. The van der Waals surface area contributed by atoms with Crippen molar-refractivity contribution in [1.82, 2.24) is 9.03 Å². The highest BCUT2D eigenvalue weighted by Gasteiger charge is 2.54. The van der Waals surface area contributed by atoms with Crippen LogP contribution in [0.1, 0.15) is 26.2 Å². The highest BCUT2D eigenvalue weighted by molar-refractivity contribution is 7.87. The van der Waals surface area contributed by atoms with Gasteiger partial charge >= 0.3 is 0 Å². The molecule has 15 heavy (non-hydrogen) atoms. The molecule has 0 aromatic carbocycles. The molecule has 0 unspecified atom stereocenters. The fourth-order valence-electron chi connectivity index (χ4n) is 1.94. The van der Waals surface area contributed by atoms with E-state index in [4.69, 9.17) is 4.74 Å². The Balaban J connectivity index is 2.07. The van der Waals surface area contributed by atoms with E-state index in [2.05, 4.69) is 4.72 Å². The molecule has 6 heteroatoms. The first-order valence-electron chi connectivity index (χ1n) is 5.46. The first-order valence-corrected chi connectivity index (χ1v) is 6.90. The number of hydrogen-bond acceptors (Lipinski definition) is 3. The van der Waals surface area contributed by atoms with Crippen molar-refractivity contribution in [3.05, 3.63) is 0 Å². The second kappa shape index (κ2) is 4.01. The fourth-order valence-corrected chi connectivity index (χ4v) is 3.62. The van der Waals surface area contributed by atoms with Crippen LogP contribution in [0, 0.1) is 0 Å². The molecular weight excluding hydrogens is 216 g/mol. The zero-order chi connectivity index (χ0) is 10.9. The highest BCUT2D eigenvalue weighted by Crippen LogP contribution is 2.44. The van der Waals surface area contributed by atoms with Crippen molar-refractivity contribution in [1.29, 1.82) is 0 Å².